The molecule has 0 aliphatic rings. The van der Waals surface area contributed by atoms with Gasteiger partial charge in [0.05, 0.1) is 18.4 Å². The fraction of sp³-hybridized carbons (Fsp3) is 0.125. The van der Waals surface area contributed by atoms with Crippen molar-refractivity contribution >= 4 is 11.8 Å². The summed E-state index contributed by atoms with van der Waals surface area (Å²) in [4.78, 5) is 8.50. The normalized spacial score (nSPS) is 10.3. The lowest BCUT2D eigenvalue weighted by molar-refractivity contribution is 0.612. The number of aromatic nitrogens is 4. The molecule has 23 heavy (non-hydrogen) atoms. The van der Waals surface area contributed by atoms with Gasteiger partial charge in [0.2, 0.25) is 5.95 Å². The average Bonchev–Trinajstić information content (AvgIpc) is 2.61. The van der Waals surface area contributed by atoms with Crippen LogP contribution in [0.5, 0.6) is 0 Å². The van der Waals surface area contributed by atoms with Crippen LogP contribution < -0.4 is 10.6 Å². The van der Waals surface area contributed by atoms with Crippen LogP contribution in [0.4, 0.5) is 16.2 Å². The molecular formula is C16H15FN6. The molecule has 0 aliphatic carbocycles. The van der Waals surface area contributed by atoms with Crippen LogP contribution in [0.15, 0.2) is 54.9 Å². The van der Waals surface area contributed by atoms with Crippen molar-refractivity contribution in [3.05, 3.63) is 71.9 Å². The molecule has 7 heteroatoms. The van der Waals surface area contributed by atoms with E-state index in [9.17, 15) is 4.39 Å². The van der Waals surface area contributed by atoms with E-state index in [4.69, 9.17) is 0 Å². The molecule has 0 bridgehead atoms. The van der Waals surface area contributed by atoms with Gasteiger partial charge in [0.25, 0.3) is 0 Å². The van der Waals surface area contributed by atoms with Gasteiger partial charge in [-0.05, 0) is 18.2 Å². The number of nitrogens with zero attached hydrogens (tertiary/aromatic N) is 4. The number of hydrogen-bond acceptors (Lipinski definition) is 6. The first kappa shape index (κ1) is 14.8. The van der Waals surface area contributed by atoms with Crippen molar-refractivity contribution in [1.29, 1.82) is 0 Å². The molecule has 0 atom stereocenters. The van der Waals surface area contributed by atoms with Gasteiger partial charge in [0, 0.05) is 18.3 Å². The minimum Gasteiger partial charge on any atom is -0.363 e. The Balaban J connectivity index is 1.60. The molecule has 0 saturated heterocycles. The smallest absolute Gasteiger partial charge is 0.244 e. The van der Waals surface area contributed by atoms with Crippen LogP contribution in [0.1, 0.15) is 11.3 Å². The van der Waals surface area contributed by atoms with E-state index in [-0.39, 0.29) is 12.4 Å². The maximum Gasteiger partial charge on any atom is 0.244 e. The molecule has 0 fully saturated rings. The van der Waals surface area contributed by atoms with Crippen molar-refractivity contribution in [3.8, 4) is 0 Å². The Morgan fingerprint density at radius 3 is 2.65 bits per heavy atom. The van der Waals surface area contributed by atoms with Crippen molar-refractivity contribution in [1.82, 2.24) is 20.2 Å². The van der Waals surface area contributed by atoms with Crippen LogP contribution in [0, 0.1) is 5.82 Å². The lowest BCUT2D eigenvalue weighted by Crippen LogP contribution is -2.09. The third-order valence-electron chi connectivity index (χ3n) is 3.13. The molecule has 0 spiro atoms. The first-order valence-corrected chi connectivity index (χ1v) is 7.12. The van der Waals surface area contributed by atoms with Gasteiger partial charge in [-0.2, -0.15) is 10.1 Å². The van der Waals surface area contributed by atoms with Crippen molar-refractivity contribution < 1.29 is 4.39 Å². The number of pyridine rings is 1. The van der Waals surface area contributed by atoms with Gasteiger partial charge < -0.3 is 10.6 Å². The molecular weight excluding hydrogens is 295 g/mol. The Kier molecular flexibility index (Phi) is 4.68. The number of hydrogen-bond donors (Lipinski definition) is 2. The third kappa shape index (κ3) is 4.19. The molecule has 2 heterocycles. The van der Waals surface area contributed by atoms with E-state index in [2.05, 4.69) is 30.8 Å². The van der Waals surface area contributed by atoms with E-state index >= 15 is 0 Å². The molecule has 0 unspecified atom stereocenters. The Labute approximate surface area is 132 Å². The summed E-state index contributed by atoms with van der Waals surface area (Å²) >= 11 is 0. The number of benzene rings is 1. The van der Waals surface area contributed by atoms with E-state index in [0.717, 1.165) is 5.69 Å². The van der Waals surface area contributed by atoms with E-state index in [1.807, 2.05) is 18.2 Å². The summed E-state index contributed by atoms with van der Waals surface area (Å²) in [7, 11) is 0. The predicted octanol–water partition coefficient (Wildman–Crippen LogP) is 2.63. The van der Waals surface area contributed by atoms with Crippen LogP contribution in [0.25, 0.3) is 0 Å². The molecule has 0 saturated carbocycles. The summed E-state index contributed by atoms with van der Waals surface area (Å²) < 4.78 is 13.6. The molecule has 6 nitrogen and oxygen atoms in total. The van der Waals surface area contributed by atoms with Crippen LogP contribution in [-0.4, -0.2) is 20.2 Å². The second kappa shape index (κ2) is 7.26. The molecule has 3 rings (SSSR count). The highest BCUT2D eigenvalue weighted by Crippen LogP contribution is 2.10. The first-order valence-electron chi connectivity index (χ1n) is 7.12. The fourth-order valence-corrected chi connectivity index (χ4v) is 1.96. The summed E-state index contributed by atoms with van der Waals surface area (Å²) in [5, 5.41) is 13.8. The molecule has 3 aromatic rings. The highest BCUT2D eigenvalue weighted by molar-refractivity contribution is 5.38. The maximum atomic E-state index is 13.6. The van der Waals surface area contributed by atoms with E-state index < -0.39 is 0 Å². The van der Waals surface area contributed by atoms with Crippen molar-refractivity contribution in [2.24, 2.45) is 0 Å². The van der Waals surface area contributed by atoms with E-state index in [1.54, 1.807) is 24.4 Å². The Bertz CT molecular complexity index is 765. The van der Waals surface area contributed by atoms with Gasteiger partial charge in [-0.25, -0.2) is 4.39 Å². The fourth-order valence-electron chi connectivity index (χ4n) is 1.96. The van der Waals surface area contributed by atoms with Crippen molar-refractivity contribution in [2.75, 3.05) is 10.6 Å². The second-order valence-electron chi connectivity index (χ2n) is 4.78. The lowest BCUT2D eigenvalue weighted by atomic mass is 10.2. The number of rotatable bonds is 6. The van der Waals surface area contributed by atoms with Crippen LogP contribution in [0.2, 0.25) is 0 Å². The minimum atomic E-state index is -0.266. The highest BCUT2D eigenvalue weighted by Gasteiger charge is 2.04. The quantitative estimate of drug-likeness (QED) is 0.729. The summed E-state index contributed by atoms with van der Waals surface area (Å²) in [5.74, 6) is 0.637. The second-order valence-corrected chi connectivity index (χ2v) is 4.78. The molecule has 116 valence electrons. The van der Waals surface area contributed by atoms with Gasteiger partial charge in [0.1, 0.15) is 5.82 Å². The number of anilines is 2. The van der Waals surface area contributed by atoms with Gasteiger partial charge in [0.15, 0.2) is 5.82 Å². The average molecular weight is 310 g/mol. The van der Waals surface area contributed by atoms with E-state index in [0.29, 0.717) is 23.9 Å². The topological polar surface area (TPSA) is 75.6 Å². The summed E-state index contributed by atoms with van der Waals surface area (Å²) in [5.41, 5.74) is 1.44. The third-order valence-corrected chi connectivity index (χ3v) is 3.13. The monoisotopic (exact) mass is 310 g/mol. The Hall–Kier alpha value is -3.09. The first-order chi connectivity index (χ1) is 11.3. The van der Waals surface area contributed by atoms with Gasteiger partial charge in [-0.3, -0.25) is 4.98 Å². The van der Waals surface area contributed by atoms with Gasteiger partial charge >= 0.3 is 0 Å². The number of nitrogens with one attached hydrogen (secondary N) is 2. The zero-order chi connectivity index (χ0) is 15.9. The SMILES string of the molecule is Fc1ccccc1CNc1nncc(NCc2ccccn2)n1. The predicted molar refractivity (Wildman–Crippen MR) is 85.1 cm³/mol. The molecule has 0 aliphatic heterocycles. The van der Waals surface area contributed by atoms with E-state index in [1.165, 1.54) is 12.3 Å². The summed E-state index contributed by atoms with van der Waals surface area (Å²) in [6, 6.07) is 12.3. The molecule has 1 aromatic carbocycles. The molecule has 2 N–H and O–H groups in total. The number of halogens is 1. The maximum absolute atomic E-state index is 13.6. The molecule has 0 radical (unpaired) electrons. The highest BCUT2D eigenvalue weighted by atomic mass is 19.1. The van der Waals surface area contributed by atoms with Gasteiger partial charge in [-0.15, -0.1) is 5.10 Å². The minimum absolute atomic E-state index is 0.266. The summed E-state index contributed by atoms with van der Waals surface area (Å²) in [6.45, 7) is 0.824. The largest absolute Gasteiger partial charge is 0.363 e. The Morgan fingerprint density at radius 1 is 0.957 bits per heavy atom. The summed E-state index contributed by atoms with van der Waals surface area (Å²) in [6.07, 6.45) is 3.26. The van der Waals surface area contributed by atoms with Crippen LogP contribution in [0.3, 0.4) is 0 Å². The van der Waals surface area contributed by atoms with Crippen molar-refractivity contribution in [2.45, 2.75) is 13.1 Å². The standard InChI is InChI=1S/C16H15FN6/c17-14-7-2-1-5-12(14)9-20-16-22-15(11-21-23-16)19-10-13-6-3-4-8-18-13/h1-8,11H,9-10H2,(H2,19,20,22,23). The molecule has 0 amide bonds. The zero-order valence-corrected chi connectivity index (χ0v) is 12.3. The van der Waals surface area contributed by atoms with Crippen LogP contribution >= 0.6 is 0 Å². The van der Waals surface area contributed by atoms with Crippen molar-refractivity contribution in [3.63, 3.8) is 0 Å². The zero-order valence-electron chi connectivity index (χ0n) is 12.3. The van der Waals surface area contributed by atoms with Crippen LogP contribution in [-0.2, 0) is 13.1 Å². The molecule has 2 aromatic heterocycles. The lowest BCUT2D eigenvalue weighted by Gasteiger charge is -2.08. The Morgan fingerprint density at radius 2 is 1.83 bits per heavy atom. The van der Waals surface area contributed by atoms with Gasteiger partial charge in [-0.1, -0.05) is 24.3 Å².